The van der Waals surface area contributed by atoms with Crippen molar-refractivity contribution in [1.82, 2.24) is 10.6 Å². The van der Waals surface area contributed by atoms with E-state index in [1.54, 1.807) is 72.8 Å². The van der Waals surface area contributed by atoms with Crippen LogP contribution >= 0.6 is 0 Å². The van der Waals surface area contributed by atoms with Gasteiger partial charge in [-0.05, 0) is 66.8 Å². The Kier molecular flexibility index (Phi) is 11.2. The van der Waals surface area contributed by atoms with Gasteiger partial charge in [-0.15, -0.1) is 0 Å². The minimum atomic E-state index is -3.88. The fourth-order valence-corrected chi connectivity index (χ4v) is 5.24. The number of para-hydroxylation sites is 1. The molecule has 0 unspecified atom stereocenters. The van der Waals surface area contributed by atoms with Crippen LogP contribution in [-0.2, 0) is 16.4 Å². The zero-order chi connectivity index (χ0) is 31.4. The normalized spacial score (nSPS) is 10.9. The molecule has 0 fully saturated rings. The predicted molar refractivity (Wildman–Crippen MR) is 168 cm³/mol. The number of carbonyl (C=O) groups excluding carboxylic acids is 2. The second-order valence-corrected chi connectivity index (χ2v) is 11.5. The van der Waals surface area contributed by atoms with Crippen molar-refractivity contribution in [3.63, 3.8) is 0 Å². The third kappa shape index (κ3) is 9.79. The fraction of sp³-hybridized carbons (Fsp3) is 0.182. The van der Waals surface area contributed by atoms with Crippen LogP contribution in [0.5, 0.6) is 11.5 Å². The Bertz CT molecular complexity index is 1690. The van der Waals surface area contributed by atoms with Gasteiger partial charge in [0.2, 0.25) is 10.0 Å². The quantitative estimate of drug-likeness (QED) is 0.0869. The number of amides is 2. The van der Waals surface area contributed by atoms with Crippen molar-refractivity contribution in [2.75, 3.05) is 6.54 Å². The van der Waals surface area contributed by atoms with Gasteiger partial charge in [-0.2, -0.15) is 0 Å². The summed E-state index contributed by atoms with van der Waals surface area (Å²) in [7, 11) is -3.88. The van der Waals surface area contributed by atoms with Crippen molar-refractivity contribution in [2.24, 2.45) is 5.14 Å². The average Bonchev–Trinajstić information content (AvgIpc) is 3.01. The summed E-state index contributed by atoms with van der Waals surface area (Å²) in [6.07, 6.45) is 3.14. The molecule has 0 atom stereocenters. The molecule has 0 heterocycles. The van der Waals surface area contributed by atoms with E-state index in [2.05, 4.69) is 10.6 Å². The summed E-state index contributed by atoms with van der Waals surface area (Å²) in [6, 6.07) is 29.1. The molecule has 0 aliphatic heterocycles. The zero-order valence-electron chi connectivity index (χ0n) is 24.0. The second kappa shape index (κ2) is 15.5. The Labute approximate surface area is 256 Å². The maximum atomic E-state index is 12.2. The van der Waals surface area contributed by atoms with Gasteiger partial charge in [-0.3, -0.25) is 10.7 Å². The largest absolute Gasteiger partial charge is 0.418 e. The third-order valence-electron chi connectivity index (χ3n) is 6.63. The highest BCUT2D eigenvalue weighted by atomic mass is 32.2. The highest BCUT2D eigenvalue weighted by molar-refractivity contribution is 7.89. The summed E-state index contributed by atoms with van der Waals surface area (Å²) in [4.78, 5) is 24.3. The highest BCUT2D eigenvalue weighted by Crippen LogP contribution is 2.28. The molecule has 228 valence electrons. The van der Waals surface area contributed by atoms with Gasteiger partial charge in [-0.1, -0.05) is 79.6 Å². The Morgan fingerprint density at radius 2 is 1.39 bits per heavy atom. The molecule has 11 heteroatoms. The minimum absolute atomic E-state index is 0.0242. The van der Waals surface area contributed by atoms with E-state index in [-0.39, 0.29) is 10.7 Å². The number of hydrogen-bond acceptors (Lipinski definition) is 7. The molecule has 0 saturated heterocycles. The third-order valence-corrected chi connectivity index (χ3v) is 7.60. The molecule has 10 nitrogen and oxygen atoms in total. The molecular formula is C33H34N4O6S. The van der Waals surface area contributed by atoms with E-state index >= 15 is 0 Å². The predicted octanol–water partition coefficient (Wildman–Crippen LogP) is 6.01. The van der Waals surface area contributed by atoms with E-state index in [0.29, 0.717) is 34.7 Å². The first kappa shape index (κ1) is 31.9. The number of rotatable bonds is 12. The van der Waals surface area contributed by atoms with Crippen molar-refractivity contribution in [3.05, 3.63) is 114 Å². The van der Waals surface area contributed by atoms with E-state index in [0.717, 1.165) is 37.7 Å². The standard InChI is InChI=1S/C33H34N4O6S/c34-31(37-33(39)43-27-14-5-3-6-15-27)26-13-10-12-24(23-26)11-4-1-2-9-22-36-32(38)42-28-20-18-25(19-21-28)29-16-7-8-17-30(29)44(35,40)41/h3,5-8,10,12-21,23H,1-2,4,9,11,22H2,(H,36,38)(H2,34,37,39)(H2,35,40,41). The number of amidine groups is 1. The molecule has 0 radical (unpaired) electrons. The second-order valence-electron chi connectivity index (χ2n) is 9.95. The van der Waals surface area contributed by atoms with Gasteiger partial charge in [0, 0.05) is 17.7 Å². The van der Waals surface area contributed by atoms with Gasteiger partial charge in [-0.25, -0.2) is 23.1 Å². The molecule has 0 aliphatic rings. The van der Waals surface area contributed by atoms with E-state index < -0.39 is 22.2 Å². The van der Waals surface area contributed by atoms with E-state index in [4.69, 9.17) is 20.0 Å². The number of hydrogen-bond donors (Lipinski definition) is 4. The van der Waals surface area contributed by atoms with Crippen LogP contribution in [0.3, 0.4) is 0 Å². The van der Waals surface area contributed by atoms with Crippen LogP contribution in [0.15, 0.2) is 108 Å². The van der Waals surface area contributed by atoms with Crippen LogP contribution < -0.4 is 25.2 Å². The molecule has 5 N–H and O–H groups in total. The van der Waals surface area contributed by atoms with Gasteiger partial charge in [0.05, 0.1) is 4.90 Å². The van der Waals surface area contributed by atoms with Crippen molar-refractivity contribution < 1.29 is 27.5 Å². The van der Waals surface area contributed by atoms with Crippen LogP contribution in [0.25, 0.3) is 11.1 Å². The van der Waals surface area contributed by atoms with Gasteiger partial charge in [0.25, 0.3) is 0 Å². The molecule has 0 bridgehead atoms. The summed E-state index contributed by atoms with van der Waals surface area (Å²) in [5.74, 6) is 0.698. The Morgan fingerprint density at radius 1 is 0.727 bits per heavy atom. The number of ether oxygens (including phenoxy) is 2. The van der Waals surface area contributed by atoms with E-state index in [1.807, 2.05) is 24.3 Å². The number of nitrogens with two attached hydrogens (primary N) is 1. The number of sulfonamides is 1. The minimum Gasteiger partial charge on any atom is -0.410 e. The lowest BCUT2D eigenvalue weighted by atomic mass is 10.0. The lowest BCUT2D eigenvalue weighted by molar-refractivity contribution is 0.200. The highest BCUT2D eigenvalue weighted by Gasteiger charge is 2.15. The van der Waals surface area contributed by atoms with Crippen LogP contribution in [0.4, 0.5) is 9.59 Å². The molecule has 2 amide bonds. The van der Waals surface area contributed by atoms with Gasteiger partial charge >= 0.3 is 12.2 Å². The number of nitrogens with one attached hydrogen (secondary N) is 3. The Morgan fingerprint density at radius 3 is 2.14 bits per heavy atom. The molecule has 4 aromatic rings. The summed E-state index contributed by atoms with van der Waals surface area (Å²) < 4.78 is 34.3. The topological polar surface area (TPSA) is 161 Å². The van der Waals surface area contributed by atoms with Crippen LogP contribution in [0, 0.1) is 5.41 Å². The molecule has 0 spiro atoms. The summed E-state index contributed by atoms with van der Waals surface area (Å²) in [5, 5.41) is 18.7. The molecule has 4 aromatic carbocycles. The number of benzene rings is 4. The van der Waals surface area contributed by atoms with Crippen molar-refractivity contribution in [1.29, 1.82) is 5.41 Å². The summed E-state index contributed by atoms with van der Waals surface area (Å²) in [5.41, 5.74) is 2.76. The fourth-order valence-electron chi connectivity index (χ4n) is 4.47. The molecule has 0 aromatic heterocycles. The van der Waals surface area contributed by atoms with Crippen molar-refractivity contribution in [3.8, 4) is 22.6 Å². The van der Waals surface area contributed by atoms with Gasteiger partial charge in [0.1, 0.15) is 17.3 Å². The van der Waals surface area contributed by atoms with Crippen molar-refractivity contribution >= 4 is 28.0 Å². The van der Waals surface area contributed by atoms with Crippen LogP contribution in [-0.4, -0.2) is 33.0 Å². The first-order valence-electron chi connectivity index (χ1n) is 14.1. The molecule has 4 rings (SSSR count). The molecule has 0 aliphatic carbocycles. The van der Waals surface area contributed by atoms with Crippen molar-refractivity contribution in [2.45, 2.75) is 37.0 Å². The zero-order valence-corrected chi connectivity index (χ0v) is 24.8. The Hall–Kier alpha value is -5.00. The summed E-state index contributed by atoms with van der Waals surface area (Å²) >= 11 is 0. The van der Waals surface area contributed by atoms with E-state index in [9.17, 15) is 18.0 Å². The smallest absolute Gasteiger partial charge is 0.410 e. The number of primary sulfonamides is 1. The molecular weight excluding hydrogens is 580 g/mol. The SMILES string of the molecule is N=C(NC(=O)Oc1ccccc1)c1cccc(CCCCCCNC(=O)Oc2ccc(-c3ccccc3S(N)(=O)=O)cc2)c1. The lowest BCUT2D eigenvalue weighted by Crippen LogP contribution is -2.33. The summed E-state index contributed by atoms with van der Waals surface area (Å²) in [6.45, 7) is 0.468. The first-order valence-corrected chi connectivity index (χ1v) is 15.6. The number of unbranched alkanes of at least 4 members (excludes halogenated alkanes) is 3. The maximum absolute atomic E-state index is 12.2. The van der Waals surface area contributed by atoms with E-state index in [1.165, 1.54) is 6.07 Å². The maximum Gasteiger partial charge on any atom is 0.418 e. The number of aryl methyl sites for hydroxylation is 1. The lowest BCUT2D eigenvalue weighted by Gasteiger charge is -2.10. The van der Waals surface area contributed by atoms with Gasteiger partial charge < -0.3 is 14.8 Å². The molecule has 0 saturated carbocycles. The van der Waals surface area contributed by atoms with Gasteiger partial charge in [0.15, 0.2) is 0 Å². The Balaban J connectivity index is 1.12. The average molecular weight is 615 g/mol. The molecule has 44 heavy (non-hydrogen) atoms. The number of carbonyl (C=O) groups is 2. The first-order chi connectivity index (χ1) is 21.2. The monoisotopic (exact) mass is 614 g/mol. The van der Waals surface area contributed by atoms with Crippen LogP contribution in [0.1, 0.15) is 36.8 Å². The van der Waals surface area contributed by atoms with Crippen LogP contribution in [0.2, 0.25) is 0 Å².